The van der Waals surface area contributed by atoms with Gasteiger partial charge in [0.05, 0.1) is 42.7 Å². The molecule has 6 rings (SSSR count). The minimum Gasteiger partial charge on any atom is -0.493 e. The van der Waals surface area contributed by atoms with Crippen molar-refractivity contribution in [3.8, 4) is 34.5 Å². The third-order valence-electron chi connectivity index (χ3n) is 10.6. The van der Waals surface area contributed by atoms with Crippen molar-refractivity contribution < 1.29 is 28.4 Å². The summed E-state index contributed by atoms with van der Waals surface area (Å²) in [6.07, 6.45) is 5.96. The van der Waals surface area contributed by atoms with Gasteiger partial charge in [0.1, 0.15) is 0 Å². The summed E-state index contributed by atoms with van der Waals surface area (Å²) in [5.41, 5.74) is 7.97. The number of fused-ring (bicyclic) bond motifs is 3. The van der Waals surface area contributed by atoms with Gasteiger partial charge in [-0.2, -0.15) is 0 Å². The number of nitrogens with zero attached hydrogens (tertiary/aromatic N) is 1. The molecule has 52 heavy (non-hydrogen) atoms. The van der Waals surface area contributed by atoms with Crippen LogP contribution in [0.2, 0.25) is 0 Å². The second kappa shape index (κ2) is 20.6. The number of hydrogen-bond donors (Lipinski definition) is 3. The molecule has 290 valence electrons. The number of benzene rings is 3. The highest BCUT2D eigenvalue weighted by atomic mass is 35.5. The van der Waals surface area contributed by atoms with Crippen LogP contribution in [0.15, 0.2) is 36.4 Å². The molecule has 0 saturated heterocycles. The smallest absolute Gasteiger partial charge is 0.161 e. The Morgan fingerprint density at radius 3 is 0.942 bits per heavy atom. The first kappa shape index (κ1) is 43.6. The molecule has 3 heterocycles. The Labute approximate surface area is 328 Å². The maximum Gasteiger partial charge on any atom is 0.161 e. The summed E-state index contributed by atoms with van der Waals surface area (Å²) < 4.78 is 34.0. The molecule has 3 aliphatic rings. The Bertz CT molecular complexity index is 1410. The summed E-state index contributed by atoms with van der Waals surface area (Å²) in [5, 5.41) is 11.4. The van der Waals surface area contributed by atoms with Crippen molar-refractivity contribution in [3.05, 3.63) is 69.8 Å². The number of rotatable bonds is 15. The summed E-state index contributed by atoms with van der Waals surface area (Å²) in [5.74, 6) is 4.76. The van der Waals surface area contributed by atoms with Crippen LogP contribution in [0, 0.1) is 0 Å². The normalized spacial score (nSPS) is 18.6. The SMILES string of the molecule is COc1cc2c(cc1OC)C(CCN(CCC1NCCc3cc(OC)c(OC)cc31)CCC1NCCc3cc(OC)c(OC)cc31)NCC2.Cl.Cl.Cl. The Hall–Kier alpha value is -2.83. The first-order valence-corrected chi connectivity index (χ1v) is 17.7. The van der Waals surface area contributed by atoms with Crippen LogP contribution in [0.4, 0.5) is 0 Å². The fourth-order valence-corrected chi connectivity index (χ4v) is 7.95. The predicted octanol–water partition coefficient (Wildman–Crippen LogP) is 6.44. The third kappa shape index (κ3) is 9.63. The van der Waals surface area contributed by atoms with Gasteiger partial charge >= 0.3 is 0 Å². The van der Waals surface area contributed by atoms with Gasteiger partial charge in [-0.15, -0.1) is 37.2 Å². The molecule has 3 N–H and O–H groups in total. The lowest BCUT2D eigenvalue weighted by molar-refractivity contribution is 0.225. The molecule has 0 aliphatic carbocycles. The molecule has 3 atom stereocenters. The van der Waals surface area contributed by atoms with Gasteiger partial charge < -0.3 is 49.3 Å². The van der Waals surface area contributed by atoms with Crippen molar-refractivity contribution in [1.82, 2.24) is 20.9 Å². The van der Waals surface area contributed by atoms with Crippen LogP contribution in [0.25, 0.3) is 0 Å². The number of halogens is 3. The summed E-state index contributed by atoms with van der Waals surface area (Å²) in [4.78, 5) is 2.66. The molecule has 0 radical (unpaired) electrons. The van der Waals surface area contributed by atoms with Crippen LogP contribution in [0.5, 0.6) is 34.5 Å². The fourth-order valence-electron chi connectivity index (χ4n) is 7.95. The zero-order valence-electron chi connectivity index (χ0n) is 31.3. The van der Waals surface area contributed by atoms with Gasteiger partial charge in [0.2, 0.25) is 0 Å². The molecule has 3 aromatic rings. The summed E-state index contributed by atoms with van der Waals surface area (Å²) in [6.45, 7) is 5.79. The fraction of sp³-hybridized carbons (Fsp3) is 0.538. The average Bonchev–Trinajstić information content (AvgIpc) is 3.15. The van der Waals surface area contributed by atoms with Crippen LogP contribution in [0.3, 0.4) is 0 Å². The molecule has 3 aromatic carbocycles. The van der Waals surface area contributed by atoms with Crippen LogP contribution in [0.1, 0.15) is 70.8 Å². The van der Waals surface area contributed by atoms with Gasteiger partial charge in [-0.05, 0) is 148 Å². The van der Waals surface area contributed by atoms with E-state index in [1.807, 2.05) is 0 Å². The largest absolute Gasteiger partial charge is 0.493 e. The number of nitrogens with one attached hydrogen (secondary N) is 3. The lowest BCUT2D eigenvalue weighted by atomic mass is 9.90. The molecular formula is C39H57Cl3N4O6. The van der Waals surface area contributed by atoms with Gasteiger partial charge in [0, 0.05) is 18.1 Å². The Morgan fingerprint density at radius 1 is 0.442 bits per heavy atom. The van der Waals surface area contributed by atoms with Crippen molar-refractivity contribution >= 4 is 37.2 Å². The standard InChI is InChI=1S/C39H54N4O6.3ClH/c1-44-34-19-25-7-13-40-31(28(25)22-37(34)47-4)10-16-43(17-11-32-29-23-38(48-5)35(45-2)20-26(29)8-14-41-32)18-12-33-30-24-39(49-6)36(46-3)21-27(30)9-15-42-33;;;/h19-24,31-33,40-42H,7-18H2,1-6H3;3*1H. The van der Waals surface area contributed by atoms with Crippen molar-refractivity contribution in [2.45, 2.75) is 56.7 Å². The van der Waals surface area contributed by atoms with E-state index in [1.165, 1.54) is 33.4 Å². The minimum absolute atomic E-state index is 0. The number of ether oxygens (including phenoxy) is 6. The second-order valence-corrected chi connectivity index (χ2v) is 13.2. The molecule has 3 unspecified atom stereocenters. The van der Waals surface area contributed by atoms with Crippen molar-refractivity contribution in [2.24, 2.45) is 0 Å². The van der Waals surface area contributed by atoms with Gasteiger partial charge in [0.15, 0.2) is 34.5 Å². The third-order valence-corrected chi connectivity index (χ3v) is 10.6. The van der Waals surface area contributed by atoms with Gasteiger partial charge in [-0.3, -0.25) is 0 Å². The maximum absolute atomic E-state index is 5.70. The molecule has 0 saturated carbocycles. The van der Waals surface area contributed by atoms with E-state index in [-0.39, 0.29) is 55.3 Å². The zero-order valence-corrected chi connectivity index (χ0v) is 33.8. The molecule has 0 fully saturated rings. The molecular weight excluding hydrogens is 727 g/mol. The molecule has 0 amide bonds. The Morgan fingerprint density at radius 2 is 0.692 bits per heavy atom. The van der Waals surface area contributed by atoms with E-state index in [0.29, 0.717) is 0 Å². The summed E-state index contributed by atoms with van der Waals surface area (Å²) in [6, 6.07) is 13.7. The Kier molecular flexibility index (Phi) is 17.2. The van der Waals surface area contributed by atoms with Crippen molar-refractivity contribution in [1.29, 1.82) is 0 Å². The van der Waals surface area contributed by atoms with Gasteiger partial charge in [0.25, 0.3) is 0 Å². The highest BCUT2D eigenvalue weighted by Crippen LogP contribution is 2.39. The van der Waals surface area contributed by atoms with Crippen molar-refractivity contribution in [2.75, 3.05) is 81.9 Å². The highest BCUT2D eigenvalue weighted by molar-refractivity contribution is 5.86. The van der Waals surface area contributed by atoms with E-state index in [2.05, 4.69) is 57.2 Å². The van der Waals surface area contributed by atoms with Gasteiger partial charge in [-0.25, -0.2) is 0 Å². The lowest BCUT2D eigenvalue weighted by Gasteiger charge is -2.34. The predicted molar refractivity (Wildman–Crippen MR) is 214 cm³/mol. The first-order valence-electron chi connectivity index (χ1n) is 17.7. The summed E-state index contributed by atoms with van der Waals surface area (Å²) >= 11 is 0. The molecule has 3 aliphatic heterocycles. The van der Waals surface area contributed by atoms with Crippen LogP contribution >= 0.6 is 37.2 Å². The van der Waals surface area contributed by atoms with Gasteiger partial charge in [-0.1, -0.05) is 0 Å². The van der Waals surface area contributed by atoms with Crippen LogP contribution in [-0.4, -0.2) is 86.8 Å². The minimum atomic E-state index is 0. The van der Waals surface area contributed by atoms with E-state index in [0.717, 1.165) is 112 Å². The van der Waals surface area contributed by atoms with E-state index < -0.39 is 0 Å². The monoisotopic (exact) mass is 782 g/mol. The molecule has 0 bridgehead atoms. The molecule has 10 nitrogen and oxygen atoms in total. The quantitative estimate of drug-likeness (QED) is 0.160. The lowest BCUT2D eigenvalue weighted by Crippen LogP contribution is -2.38. The number of hydrogen-bond acceptors (Lipinski definition) is 10. The highest BCUT2D eigenvalue weighted by Gasteiger charge is 2.27. The average molecular weight is 784 g/mol. The first-order chi connectivity index (χ1) is 24.0. The van der Waals surface area contributed by atoms with E-state index in [4.69, 9.17) is 28.4 Å². The Balaban J connectivity index is 0.00000243. The molecule has 13 heteroatoms. The summed E-state index contributed by atoms with van der Waals surface area (Å²) in [7, 11) is 10.3. The maximum atomic E-state index is 5.70. The molecule has 0 spiro atoms. The van der Waals surface area contributed by atoms with E-state index >= 15 is 0 Å². The van der Waals surface area contributed by atoms with E-state index in [1.54, 1.807) is 42.7 Å². The second-order valence-electron chi connectivity index (χ2n) is 13.2. The molecule has 0 aromatic heterocycles. The zero-order chi connectivity index (χ0) is 34.3. The van der Waals surface area contributed by atoms with Crippen LogP contribution in [-0.2, 0) is 19.3 Å². The number of methoxy groups -OCH3 is 6. The van der Waals surface area contributed by atoms with Crippen LogP contribution < -0.4 is 44.4 Å². The topological polar surface area (TPSA) is 94.7 Å². The van der Waals surface area contributed by atoms with E-state index in [9.17, 15) is 0 Å². The van der Waals surface area contributed by atoms with Crippen molar-refractivity contribution in [3.63, 3.8) is 0 Å².